The van der Waals surface area contributed by atoms with E-state index < -0.39 is 11.8 Å². The monoisotopic (exact) mass is 530 g/mol. The highest BCUT2D eigenvalue weighted by Gasteiger charge is 2.41. The van der Waals surface area contributed by atoms with Crippen LogP contribution in [0.1, 0.15) is 0 Å². The molecule has 3 aromatic rings. The van der Waals surface area contributed by atoms with E-state index in [0.29, 0.717) is 33.0 Å². The van der Waals surface area contributed by atoms with Crippen LogP contribution in [-0.4, -0.2) is 33.1 Å². The van der Waals surface area contributed by atoms with Crippen LogP contribution in [0.3, 0.4) is 0 Å². The van der Waals surface area contributed by atoms with Crippen LogP contribution in [0, 0.1) is 0 Å². The molecule has 0 unspecified atom stereocenters. The molecule has 180 valence electrons. The molecule has 1 heterocycles. The van der Waals surface area contributed by atoms with E-state index in [2.05, 4.69) is 5.32 Å². The molecular weight excluding hydrogens is 511 g/mol. The van der Waals surface area contributed by atoms with Crippen LogP contribution in [-0.2, 0) is 9.59 Å². The first kappa shape index (κ1) is 24.8. The molecular formula is C25H20Cl2N2O5S. The second kappa shape index (κ2) is 10.5. The lowest BCUT2D eigenvalue weighted by molar-refractivity contribution is -0.120. The Morgan fingerprint density at radius 2 is 1.46 bits per heavy atom. The van der Waals surface area contributed by atoms with Crippen molar-refractivity contribution in [1.29, 1.82) is 0 Å². The Labute approximate surface area is 216 Å². The van der Waals surface area contributed by atoms with E-state index in [1.807, 2.05) is 0 Å². The van der Waals surface area contributed by atoms with Gasteiger partial charge in [0.15, 0.2) is 0 Å². The zero-order chi connectivity index (χ0) is 25.1. The van der Waals surface area contributed by atoms with Crippen molar-refractivity contribution in [3.05, 3.63) is 81.3 Å². The lowest BCUT2D eigenvalue weighted by Crippen LogP contribution is -2.32. The fourth-order valence-corrected chi connectivity index (χ4v) is 4.65. The van der Waals surface area contributed by atoms with E-state index in [1.54, 1.807) is 61.7 Å². The normalized spacial score (nSPS) is 13.3. The predicted octanol–water partition coefficient (Wildman–Crippen LogP) is 6.01. The Hall–Kier alpha value is -3.33. The number of anilines is 2. The number of nitrogens with one attached hydrogen (secondary N) is 1. The Kier molecular flexibility index (Phi) is 7.45. The topological polar surface area (TPSA) is 77.1 Å². The number of halogens is 2. The second-order valence-electron chi connectivity index (χ2n) is 7.21. The summed E-state index contributed by atoms with van der Waals surface area (Å²) in [6.07, 6.45) is 0. The Morgan fingerprint density at radius 1 is 0.771 bits per heavy atom. The molecule has 0 radical (unpaired) electrons. The average molecular weight is 531 g/mol. The van der Waals surface area contributed by atoms with Gasteiger partial charge >= 0.3 is 0 Å². The second-order valence-corrected chi connectivity index (χ2v) is 9.17. The maximum atomic E-state index is 13.7. The van der Waals surface area contributed by atoms with Gasteiger partial charge < -0.3 is 19.5 Å². The Morgan fingerprint density at radius 3 is 2.11 bits per heavy atom. The summed E-state index contributed by atoms with van der Waals surface area (Å²) in [5, 5.41) is 4.00. The summed E-state index contributed by atoms with van der Waals surface area (Å²) < 4.78 is 16.1. The molecule has 35 heavy (non-hydrogen) atoms. The van der Waals surface area contributed by atoms with E-state index in [4.69, 9.17) is 37.4 Å². The molecule has 10 heteroatoms. The van der Waals surface area contributed by atoms with Gasteiger partial charge in [0.1, 0.15) is 27.9 Å². The zero-order valence-electron chi connectivity index (χ0n) is 18.9. The van der Waals surface area contributed by atoms with E-state index in [9.17, 15) is 9.59 Å². The van der Waals surface area contributed by atoms with Crippen LogP contribution < -0.4 is 24.4 Å². The maximum Gasteiger partial charge on any atom is 0.283 e. The summed E-state index contributed by atoms with van der Waals surface area (Å²) in [6, 6.07) is 16.8. The molecule has 0 spiro atoms. The standard InChI is InChI=1S/C25H20Cl2N2O5S/c1-32-16-7-10-18(21(13-16)34-3)28-22-23(35-17-8-4-14(26)5-9-17)25(31)29(24(22)30)19-12-15(27)6-11-20(19)33-2/h4-13,28H,1-3H3. The van der Waals surface area contributed by atoms with Gasteiger partial charge in [-0.25, -0.2) is 4.90 Å². The molecule has 1 aliphatic rings. The van der Waals surface area contributed by atoms with Crippen LogP contribution in [0.5, 0.6) is 17.2 Å². The first-order valence-corrected chi connectivity index (χ1v) is 11.8. The Bertz CT molecular complexity index is 1330. The third kappa shape index (κ3) is 5.05. The Balaban J connectivity index is 1.80. The minimum atomic E-state index is -0.565. The van der Waals surface area contributed by atoms with Crippen molar-refractivity contribution in [2.75, 3.05) is 31.5 Å². The lowest BCUT2D eigenvalue weighted by Gasteiger charge is -2.19. The third-order valence-corrected chi connectivity index (χ3v) is 6.70. The summed E-state index contributed by atoms with van der Waals surface area (Å²) >= 11 is 13.3. The summed E-state index contributed by atoms with van der Waals surface area (Å²) in [5.74, 6) is 0.258. The van der Waals surface area contributed by atoms with Crippen molar-refractivity contribution in [2.45, 2.75) is 4.90 Å². The van der Waals surface area contributed by atoms with Crippen molar-refractivity contribution in [2.24, 2.45) is 0 Å². The van der Waals surface area contributed by atoms with Gasteiger partial charge in [-0.15, -0.1) is 0 Å². The average Bonchev–Trinajstić information content (AvgIpc) is 3.09. The highest BCUT2D eigenvalue weighted by Crippen LogP contribution is 2.42. The number of amides is 2. The van der Waals surface area contributed by atoms with E-state index in [1.165, 1.54) is 20.3 Å². The van der Waals surface area contributed by atoms with Crippen molar-refractivity contribution >= 4 is 58.2 Å². The van der Waals surface area contributed by atoms with Gasteiger partial charge in [0.05, 0.1) is 32.7 Å². The number of imide groups is 1. The van der Waals surface area contributed by atoms with Crippen molar-refractivity contribution in [3.8, 4) is 17.2 Å². The van der Waals surface area contributed by atoms with Crippen LogP contribution in [0.2, 0.25) is 10.0 Å². The highest BCUT2D eigenvalue weighted by molar-refractivity contribution is 8.04. The third-order valence-electron chi connectivity index (χ3n) is 5.13. The molecule has 0 bridgehead atoms. The summed E-state index contributed by atoms with van der Waals surface area (Å²) in [4.78, 5) is 29.3. The summed E-state index contributed by atoms with van der Waals surface area (Å²) in [5.41, 5.74) is 0.807. The molecule has 0 aromatic heterocycles. The van der Waals surface area contributed by atoms with Crippen LogP contribution in [0.15, 0.2) is 76.2 Å². The molecule has 0 saturated carbocycles. The molecule has 4 rings (SSSR count). The van der Waals surface area contributed by atoms with Crippen LogP contribution in [0.25, 0.3) is 0 Å². The van der Waals surface area contributed by atoms with Crippen LogP contribution in [0.4, 0.5) is 11.4 Å². The quantitative estimate of drug-likeness (QED) is 0.357. The first-order valence-electron chi connectivity index (χ1n) is 10.2. The minimum Gasteiger partial charge on any atom is -0.497 e. The number of ether oxygens (including phenoxy) is 3. The van der Waals surface area contributed by atoms with Gasteiger partial charge in [0.2, 0.25) is 0 Å². The zero-order valence-corrected chi connectivity index (χ0v) is 21.3. The number of methoxy groups -OCH3 is 3. The summed E-state index contributed by atoms with van der Waals surface area (Å²) in [6.45, 7) is 0. The molecule has 0 atom stereocenters. The highest BCUT2D eigenvalue weighted by atomic mass is 35.5. The summed E-state index contributed by atoms with van der Waals surface area (Å²) in [7, 11) is 4.50. The SMILES string of the molecule is COc1ccc(NC2=C(Sc3ccc(Cl)cc3)C(=O)N(c3cc(Cl)ccc3OC)C2=O)c(OC)c1. The first-order chi connectivity index (χ1) is 16.9. The van der Waals surface area contributed by atoms with Gasteiger partial charge in [-0.05, 0) is 54.6 Å². The minimum absolute atomic E-state index is 0.0837. The molecule has 2 amide bonds. The number of thioether (sulfide) groups is 1. The van der Waals surface area contributed by atoms with Crippen molar-refractivity contribution in [3.63, 3.8) is 0 Å². The molecule has 3 aromatic carbocycles. The number of hydrogen-bond donors (Lipinski definition) is 1. The van der Waals surface area contributed by atoms with E-state index in [0.717, 1.165) is 21.6 Å². The van der Waals surface area contributed by atoms with E-state index in [-0.39, 0.29) is 16.3 Å². The van der Waals surface area contributed by atoms with Gasteiger partial charge in [-0.3, -0.25) is 9.59 Å². The molecule has 7 nitrogen and oxygen atoms in total. The largest absolute Gasteiger partial charge is 0.497 e. The smallest absolute Gasteiger partial charge is 0.283 e. The van der Waals surface area contributed by atoms with Crippen LogP contribution >= 0.6 is 35.0 Å². The number of carbonyl (C=O) groups is 2. The van der Waals surface area contributed by atoms with Gasteiger partial charge in [0.25, 0.3) is 11.8 Å². The molecule has 0 fully saturated rings. The van der Waals surface area contributed by atoms with E-state index >= 15 is 0 Å². The maximum absolute atomic E-state index is 13.7. The number of rotatable bonds is 8. The fourth-order valence-electron chi connectivity index (χ4n) is 3.43. The fraction of sp³-hybridized carbons (Fsp3) is 0.120. The number of nitrogens with zero attached hydrogens (tertiary/aromatic N) is 1. The van der Waals surface area contributed by atoms with Gasteiger partial charge in [0, 0.05) is 21.0 Å². The molecule has 1 N–H and O–H groups in total. The number of benzene rings is 3. The predicted molar refractivity (Wildman–Crippen MR) is 138 cm³/mol. The van der Waals surface area contributed by atoms with Crippen molar-refractivity contribution < 1.29 is 23.8 Å². The van der Waals surface area contributed by atoms with Crippen molar-refractivity contribution in [1.82, 2.24) is 0 Å². The van der Waals surface area contributed by atoms with Gasteiger partial charge in [-0.2, -0.15) is 0 Å². The van der Waals surface area contributed by atoms with Gasteiger partial charge in [-0.1, -0.05) is 35.0 Å². The molecule has 0 aliphatic carbocycles. The molecule has 0 saturated heterocycles. The number of carbonyl (C=O) groups excluding carboxylic acids is 2. The number of hydrogen-bond acceptors (Lipinski definition) is 7. The lowest BCUT2D eigenvalue weighted by atomic mass is 10.2. The molecule has 1 aliphatic heterocycles.